The molecule has 1 unspecified atom stereocenters. The van der Waals surface area contributed by atoms with Crippen LogP contribution in [0.3, 0.4) is 0 Å². The molecule has 0 aromatic heterocycles. The van der Waals surface area contributed by atoms with Crippen molar-refractivity contribution in [3.8, 4) is 0 Å². The maximum atomic E-state index is 11.2. The molecule has 0 radical (unpaired) electrons. The standard InChI is InChI=1S/C9H20N2O4S/c1-4-10-16(14,15)11-6-8(9(12)13)5-7(2)3/h7-8,10-11H,4-6H2,1-3H3,(H,12,13). The van der Waals surface area contributed by atoms with Gasteiger partial charge in [0.15, 0.2) is 0 Å². The third-order valence-electron chi connectivity index (χ3n) is 1.96. The monoisotopic (exact) mass is 252 g/mol. The fraction of sp³-hybridized carbons (Fsp3) is 0.889. The van der Waals surface area contributed by atoms with E-state index in [0.29, 0.717) is 6.42 Å². The molecule has 0 aromatic rings. The first kappa shape index (κ1) is 15.3. The van der Waals surface area contributed by atoms with Crippen LogP contribution >= 0.6 is 0 Å². The van der Waals surface area contributed by atoms with Crippen molar-refractivity contribution in [1.82, 2.24) is 9.44 Å². The van der Waals surface area contributed by atoms with E-state index in [1.165, 1.54) is 0 Å². The highest BCUT2D eigenvalue weighted by Gasteiger charge is 2.21. The van der Waals surface area contributed by atoms with Crippen LogP contribution in [0.25, 0.3) is 0 Å². The maximum Gasteiger partial charge on any atom is 0.307 e. The zero-order valence-corrected chi connectivity index (χ0v) is 10.7. The van der Waals surface area contributed by atoms with Gasteiger partial charge in [0.1, 0.15) is 0 Å². The summed E-state index contributed by atoms with van der Waals surface area (Å²) in [5.74, 6) is -1.45. The van der Waals surface area contributed by atoms with Crippen LogP contribution in [0.1, 0.15) is 27.2 Å². The summed E-state index contributed by atoms with van der Waals surface area (Å²) in [6, 6.07) is 0. The van der Waals surface area contributed by atoms with Crippen molar-refractivity contribution in [2.75, 3.05) is 13.1 Å². The van der Waals surface area contributed by atoms with Gasteiger partial charge in [-0.3, -0.25) is 4.79 Å². The van der Waals surface area contributed by atoms with Gasteiger partial charge >= 0.3 is 5.97 Å². The topological polar surface area (TPSA) is 95.5 Å². The smallest absolute Gasteiger partial charge is 0.307 e. The average Bonchev–Trinajstić information content (AvgIpc) is 2.11. The summed E-state index contributed by atoms with van der Waals surface area (Å²) in [5.41, 5.74) is 0. The molecule has 3 N–H and O–H groups in total. The van der Waals surface area contributed by atoms with Crippen molar-refractivity contribution >= 4 is 16.2 Å². The van der Waals surface area contributed by atoms with Gasteiger partial charge in [-0.2, -0.15) is 8.42 Å². The molecule has 0 spiro atoms. The van der Waals surface area contributed by atoms with E-state index in [-0.39, 0.29) is 19.0 Å². The Morgan fingerprint density at radius 2 is 1.88 bits per heavy atom. The zero-order valence-electron chi connectivity index (χ0n) is 9.86. The summed E-state index contributed by atoms with van der Waals surface area (Å²) < 4.78 is 26.9. The highest BCUT2D eigenvalue weighted by Crippen LogP contribution is 2.11. The summed E-state index contributed by atoms with van der Waals surface area (Å²) in [5, 5.41) is 8.89. The van der Waals surface area contributed by atoms with Gasteiger partial charge in [0.05, 0.1) is 5.92 Å². The number of nitrogens with one attached hydrogen (secondary N) is 2. The van der Waals surface area contributed by atoms with Crippen molar-refractivity contribution in [2.45, 2.75) is 27.2 Å². The second kappa shape index (κ2) is 6.82. The number of carboxylic acids is 1. The molecule has 0 saturated heterocycles. The van der Waals surface area contributed by atoms with Crippen LogP contribution in [0, 0.1) is 11.8 Å². The van der Waals surface area contributed by atoms with E-state index >= 15 is 0 Å². The Morgan fingerprint density at radius 1 is 1.31 bits per heavy atom. The molecule has 0 fully saturated rings. The molecule has 0 rings (SSSR count). The molecule has 0 aromatic carbocycles. The normalized spacial score (nSPS) is 14.0. The fourth-order valence-electron chi connectivity index (χ4n) is 1.29. The van der Waals surface area contributed by atoms with E-state index < -0.39 is 22.1 Å². The molecular formula is C9H20N2O4S. The zero-order chi connectivity index (χ0) is 12.8. The molecule has 6 nitrogen and oxygen atoms in total. The first-order valence-corrected chi connectivity index (χ1v) is 6.73. The minimum Gasteiger partial charge on any atom is -0.481 e. The van der Waals surface area contributed by atoms with E-state index in [1.54, 1.807) is 6.92 Å². The molecule has 0 amide bonds. The summed E-state index contributed by atoms with van der Waals surface area (Å²) in [6.45, 7) is 5.64. The quantitative estimate of drug-likeness (QED) is 0.574. The third-order valence-corrected chi connectivity index (χ3v) is 3.17. The molecule has 7 heteroatoms. The van der Waals surface area contributed by atoms with Crippen molar-refractivity contribution in [3.63, 3.8) is 0 Å². The van der Waals surface area contributed by atoms with Crippen molar-refractivity contribution in [3.05, 3.63) is 0 Å². The van der Waals surface area contributed by atoms with Crippen LogP contribution in [0.5, 0.6) is 0 Å². The second-order valence-corrected chi connectivity index (χ2v) is 5.60. The second-order valence-electron chi connectivity index (χ2n) is 4.01. The van der Waals surface area contributed by atoms with E-state index in [1.807, 2.05) is 13.8 Å². The summed E-state index contributed by atoms with van der Waals surface area (Å²) in [7, 11) is -3.56. The van der Waals surface area contributed by atoms with Gasteiger partial charge in [-0.25, -0.2) is 9.44 Å². The van der Waals surface area contributed by atoms with Gasteiger partial charge in [-0.15, -0.1) is 0 Å². The Labute approximate surface area is 96.6 Å². The van der Waals surface area contributed by atoms with Crippen molar-refractivity contribution in [1.29, 1.82) is 0 Å². The predicted octanol–water partition coefficient (Wildman–Crippen LogP) is 0.177. The summed E-state index contributed by atoms with van der Waals surface area (Å²) >= 11 is 0. The average molecular weight is 252 g/mol. The molecule has 16 heavy (non-hydrogen) atoms. The van der Waals surface area contributed by atoms with Crippen LogP contribution in [-0.4, -0.2) is 32.6 Å². The molecule has 0 aliphatic rings. The molecule has 0 saturated carbocycles. The first-order valence-electron chi connectivity index (χ1n) is 5.25. The van der Waals surface area contributed by atoms with E-state index in [0.717, 1.165) is 0 Å². The molecule has 0 aliphatic heterocycles. The Morgan fingerprint density at radius 3 is 2.25 bits per heavy atom. The summed E-state index contributed by atoms with van der Waals surface area (Å²) in [6.07, 6.45) is 0.448. The SMILES string of the molecule is CCNS(=O)(=O)NCC(CC(C)C)C(=O)O. The van der Waals surface area contributed by atoms with E-state index in [2.05, 4.69) is 9.44 Å². The largest absolute Gasteiger partial charge is 0.481 e. The van der Waals surface area contributed by atoms with Crippen LogP contribution in [0.4, 0.5) is 0 Å². The Kier molecular flexibility index (Phi) is 6.54. The minimum absolute atomic E-state index is 0.0805. The van der Waals surface area contributed by atoms with Gasteiger partial charge in [-0.1, -0.05) is 20.8 Å². The molecule has 0 aliphatic carbocycles. The van der Waals surface area contributed by atoms with Gasteiger partial charge in [0.25, 0.3) is 10.2 Å². The Hall–Kier alpha value is -0.660. The third kappa shape index (κ3) is 6.76. The van der Waals surface area contributed by atoms with Crippen molar-refractivity contribution in [2.24, 2.45) is 11.8 Å². The molecule has 96 valence electrons. The maximum absolute atomic E-state index is 11.2. The number of carboxylic acid groups (broad SMARTS) is 1. The lowest BCUT2D eigenvalue weighted by Crippen LogP contribution is -2.40. The summed E-state index contributed by atoms with van der Waals surface area (Å²) in [4.78, 5) is 10.9. The van der Waals surface area contributed by atoms with E-state index in [4.69, 9.17) is 5.11 Å². The lowest BCUT2D eigenvalue weighted by molar-refractivity contribution is -0.142. The number of aliphatic carboxylic acids is 1. The van der Waals surface area contributed by atoms with Gasteiger partial charge in [0, 0.05) is 13.1 Å². The molecule has 1 atom stereocenters. The molecule has 0 bridgehead atoms. The van der Waals surface area contributed by atoms with Gasteiger partial charge in [-0.05, 0) is 12.3 Å². The van der Waals surface area contributed by atoms with E-state index in [9.17, 15) is 13.2 Å². The molecular weight excluding hydrogens is 232 g/mol. The lowest BCUT2D eigenvalue weighted by atomic mass is 9.98. The van der Waals surface area contributed by atoms with Crippen LogP contribution in [0.2, 0.25) is 0 Å². The van der Waals surface area contributed by atoms with Crippen LogP contribution in [-0.2, 0) is 15.0 Å². The van der Waals surface area contributed by atoms with Crippen LogP contribution < -0.4 is 9.44 Å². The molecule has 0 heterocycles. The predicted molar refractivity (Wildman–Crippen MR) is 61.2 cm³/mol. The Balaban J connectivity index is 4.27. The highest BCUT2D eigenvalue weighted by molar-refractivity contribution is 7.87. The van der Waals surface area contributed by atoms with Gasteiger partial charge in [0.2, 0.25) is 0 Å². The number of hydrogen-bond acceptors (Lipinski definition) is 3. The first-order chi connectivity index (χ1) is 7.28. The minimum atomic E-state index is -3.56. The number of hydrogen-bond donors (Lipinski definition) is 3. The Bertz CT molecular complexity index is 313. The number of carbonyl (C=O) groups is 1. The fourth-order valence-corrected chi connectivity index (χ4v) is 2.19. The van der Waals surface area contributed by atoms with Crippen LogP contribution in [0.15, 0.2) is 0 Å². The lowest BCUT2D eigenvalue weighted by Gasteiger charge is -2.15. The van der Waals surface area contributed by atoms with Crippen molar-refractivity contribution < 1.29 is 18.3 Å². The number of rotatable bonds is 8. The highest BCUT2D eigenvalue weighted by atomic mass is 32.2. The van der Waals surface area contributed by atoms with Gasteiger partial charge < -0.3 is 5.11 Å².